The van der Waals surface area contributed by atoms with Gasteiger partial charge in [-0.15, -0.1) is 0 Å². The maximum Gasteiger partial charge on any atom is 0.125 e. The van der Waals surface area contributed by atoms with Crippen LogP contribution >= 0.6 is 15.9 Å². The largest absolute Gasteiger partial charge is 0.304 e. The van der Waals surface area contributed by atoms with E-state index in [9.17, 15) is 4.79 Å². The molecule has 0 aromatic carbocycles. The van der Waals surface area contributed by atoms with Gasteiger partial charge in [-0.1, -0.05) is 55.3 Å². The Morgan fingerprint density at radius 3 is 2.25 bits per heavy atom. The number of hydrogen-bond acceptors (Lipinski definition) is 1. The number of unbranched alkanes of at least 4 members (excludes halogenated alkanes) is 1. The number of rotatable bonds is 5. The van der Waals surface area contributed by atoms with E-state index < -0.39 is 8.07 Å². The lowest BCUT2D eigenvalue weighted by molar-refractivity contribution is -0.112. The van der Waals surface area contributed by atoms with Crippen LogP contribution < -0.4 is 0 Å². The summed E-state index contributed by atoms with van der Waals surface area (Å²) in [6.07, 6.45) is 3.31. The molecule has 3 heteroatoms. The minimum absolute atomic E-state index is 0.115. The van der Waals surface area contributed by atoms with Crippen molar-refractivity contribution in [3.8, 4) is 0 Å². The van der Waals surface area contributed by atoms with Gasteiger partial charge in [-0.05, 0) is 6.42 Å². The maximum atomic E-state index is 11.7. The monoisotopic (exact) mass is 250 g/mol. The molecule has 0 N–H and O–H groups in total. The minimum atomic E-state index is -1.56. The third kappa shape index (κ3) is 4.41. The van der Waals surface area contributed by atoms with Crippen LogP contribution in [0, 0.1) is 0 Å². The van der Waals surface area contributed by atoms with Crippen LogP contribution in [-0.4, -0.2) is 18.3 Å². The standard InChI is InChI=1S/C9H19BrOSi/c1-5-6-7-8(10)9(11)12(2,3)4/h8H,5-7H2,1-4H3. The first-order valence-electron chi connectivity index (χ1n) is 4.58. The van der Waals surface area contributed by atoms with Gasteiger partial charge < -0.3 is 4.79 Å². The molecule has 0 aromatic heterocycles. The summed E-state index contributed by atoms with van der Waals surface area (Å²) in [5.41, 5.74) is 0. The van der Waals surface area contributed by atoms with Gasteiger partial charge in [0, 0.05) is 0 Å². The maximum absolute atomic E-state index is 11.7. The second kappa shape index (κ2) is 5.17. The van der Waals surface area contributed by atoms with Crippen molar-refractivity contribution in [1.29, 1.82) is 0 Å². The molecule has 1 nitrogen and oxygen atoms in total. The van der Waals surface area contributed by atoms with Crippen LogP contribution in [0.15, 0.2) is 0 Å². The molecule has 0 amide bonds. The molecular weight excluding hydrogens is 232 g/mol. The second-order valence-corrected chi connectivity index (χ2v) is 10.3. The van der Waals surface area contributed by atoms with Crippen LogP contribution in [0.4, 0.5) is 0 Å². The topological polar surface area (TPSA) is 17.1 Å². The van der Waals surface area contributed by atoms with Crippen molar-refractivity contribution in [3.63, 3.8) is 0 Å². The highest BCUT2D eigenvalue weighted by Gasteiger charge is 2.29. The van der Waals surface area contributed by atoms with E-state index in [1.165, 1.54) is 6.42 Å². The molecule has 0 bridgehead atoms. The van der Waals surface area contributed by atoms with E-state index in [4.69, 9.17) is 0 Å². The lowest BCUT2D eigenvalue weighted by Crippen LogP contribution is -2.39. The van der Waals surface area contributed by atoms with Crippen molar-refractivity contribution in [3.05, 3.63) is 0 Å². The van der Waals surface area contributed by atoms with E-state index in [-0.39, 0.29) is 4.83 Å². The summed E-state index contributed by atoms with van der Waals surface area (Å²) < 4.78 is 0. The average Bonchev–Trinajstić information content (AvgIpc) is 1.97. The zero-order chi connectivity index (χ0) is 9.78. The molecule has 0 rings (SSSR count). The van der Waals surface area contributed by atoms with Crippen molar-refractivity contribution in [2.75, 3.05) is 0 Å². The van der Waals surface area contributed by atoms with E-state index in [0.717, 1.165) is 12.8 Å². The Kier molecular flexibility index (Phi) is 5.33. The van der Waals surface area contributed by atoms with E-state index in [1.807, 2.05) is 0 Å². The first-order valence-corrected chi connectivity index (χ1v) is 8.99. The van der Waals surface area contributed by atoms with Gasteiger partial charge in [-0.25, -0.2) is 0 Å². The number of carbonyl (C=O) groups excluding carboxylic acids is 1. The third-order valence-corrected chi connectivity index (χ3v) is 4.96. The fraction of sp³-hybridized carbons (Fsp3) is 0.889. The molecule has 72 valence electrons. The second-order valence-electron chi connectivity index (χ2n) is 4.22. The van der Waals surface area contributed by atoms with Crippen LogP contribution in [0.1, 0.15) is 26.2 Å². The molecule has 0 aliphatic rings. The normalized spacial score (nSPS) is 14.4. The molecule has 1 unspecified atom stereocenters. The molecule has 0 fully saturated rings. The highest BCUT2D eigenvalue weighted by molar-refractivity contribution is 9.10. The Hall–Kier alpha value is 0.367. The van der Waals surface area contributed by atoms with Crippen LogP contribution in [0.2, 0.25) is 19.6 Å². The summed E-state index contributed by atoms with van der Waals surface area (Å²) in [5.74, 6) is 0. The Bertz CT molecular complexity index is 151. The molecule has 0 radical (unpaired) electrons. The van der Waals surface area contributed by atoms with Crippen molar-refractivity contribution in [1.82, 2.24) is 0 Å². The van der Waals surface area contributed by atoms with Gasteiger partial charge in [0.1, 0.15) is 13.5 Å². The highest BCUT2D eigenvalue weighted by atomic mass is 79.9. The zero-order valence-corrected chi connectivity index (χ0v) is 11.1. The summed E-state index contributed by atoms with van der Waals surface area (Å²) >= 11 is 3.47. The molecule has 0 aliphatic carbocycles. The SMILES string of the molecule is CCCCC(Br)C(=O)[Si](C)(C)C. The summed E-state index contributed by atoms with van der Waals surface area (Å²) in [7, 11) is -1.56. The van der Waals surface area contributed by atoms with E-state index >= 15 is 0 Å². The molecular formula is C9H19BrOSi. The van der Waals surface area contributed by atoms with E-state index in [1.54, 1.807) is 0 Å². The average molecular weight is 251 g/mol. The predicted octanol–water partition coefficient (Wildman–Crippen LogP) is 3.39. The molecule has 0 heterocycles. The van der Waals surface area contributed by atoms with Gasteiger partial charge in [-0.3, -0.25) is 0 Å². The van der Waals surface area contributed by atoms with Gasteiger partial charge in [0.05, 0.1) is 4.83 Å². The van der Waals surface area contributed by atoms with Crippen molar-refractivity contribution in [2.45, 2.75) is 50.7 Å². The molecule has 1 atom stereocenters. The summed E-state index contributed by atoms with van der Waals surface area (Å²) in [6.45, 7) is 8.47. The van der Waals surface area contributed by atoms with Crippen LogP contribution in [-0.2, 0) is 4.79 Å². The molecule has 0 aromatic rings. The Morgan fingerprint density at radius 1 is 1.42 bits per heavy atom. The van der Waals surface area contributed by atoms with Gasteiger partial charge in [-0.2, -0.15) is 0 Å². The lowest BCUT2D eigenvalue weighted by atomic mass is 10.2. The van der Waals surface area contributed by atoms with Gasteiger partial charge >= 0.3 is 0 Å². The Balaban J connectivity index is 3.94. The van der Waals surface area contributed by atoms with Crippen LogP contribution in [0.25, 0.3) is 0 Å². The molecule has 0 aliphatic heterocycles. The molecule has 12 heavy (non-hydrogen) atoms. The molecule has 0 saturated carbocycles. The smallest absolute Gasteiger partial charge is 0.125 e. The van der Waals surface area contributed by atoms with Crippen LogP contribution in [0.5, 0.6) is 0 Å². The first-order chi connectivity index (χ1) is 5.39. The number of carbonyl (C=O) groups is 1. The number of halogens is 1. The first kappa shape index (κ1) is 12.4. The summed E-state index contributed by atoms with van der Waals surface area (Å²) in [4.78, 5) is 11.8. The zero-order valence-electron chi connectivity index (χ0n) is 8.48. The molecule has 0 spiro atoms. The third-order valence-electron chi connectivity index (χ3n) is 1.83. The van der Waals surface area contributed by atoms with Crippen molar-refractivity contribution < 1.29 is 4.79 Å². The van der Waals surface area contributed by atoms with Crippen LogP contribution in [0.3, 0.4) is 0 Å². The van der Waals surface area contributed by atoms with Crippen molar-refractivity contribution >= 4 is 29.4 Å². The van der Waals surface area contributed by atoms with Gasteiger partial charge in [0.15, 0.2) is 0 Å². The van der Waals surface area contributed by atoms with E-state index in [2.05, 4.69) is 42.5 Å². The summed E-state index contributed by atoms with van der Waals surface area (Å²) in [5, 5.41) is 0.455. The number of hydrogen-bond donors (Lipinski definition) is 0. The molecule has 0 saturated heterocycles. The highest BCUT2D eigenvalue weighted by Crippen LogP contribution is 2.17. The fourth-order valence-electron chi connectivity index (χ4n) is 0.984. The van der Waals surface area contributed by atoms with E-state index in [0.29, 0.717) is 5.41 Å². The lowest BCUT2D eigenvalue weighted by Gasteiger charge is -2.18. The van der Waals surface area contributed by atoms with Gasteiger partial charge in [0.25, 0.3) is 0 Å². The minimum Gasteiger partial charge on any atom is -0.304 e. The quantitative estimate of drug-likeness (QED) is 0.540. The Labute approximate surface area is 85.1 Å². The Morgan fingerprint density at radius 2 is 1.92 bits per heavy atom. The number of alkyl halides is 1. The van der Waals surface area contributed by atoms with Crippen molar-refractivity contribution in [2.24, 2.45) is 0 Å². The summed E-state index contributed by atoms with van der Waals surface area (Å²) in [6, 6.07) is 0. The fourth-order valence-corrected chi connectivity index (χ4v) is 4.45. The predicted molar refractivity (Wildman–Crippen MR) is 60.6 cm³/mol. The van der Waals surface area contributed by atoms with Gasteiger partial charge in [0.2, 0.25) is 0 Å².